The molecule has 0 fully saturated rings. The van der Waals surface area contributed by atoms with E-state index in [0.29, 0.717) is 22.1 Å². The molecule has 6 aliphatic rings. The Labute approximate surface area is 341 Å². The van der Waals surface area contributed by atoms with Crippen LogP contribution in [0.25, 0.3) is 59.8 Å². The van der Waals surface area contributed by atoms with Crippen LogP contribution in [0.3, 0.4) is 0 Å². The Morgan fingerprint density at radius 2 is 0.800 bits per heavy atom. The summed E-state index contributed by atoms with van der Waals surface area (Å²) in [5.41, 5.74) is 15.1. The Balaban J connectivity index is 1.14. The lowest BCUT2D eigenvalue weighted by molar-refractivity contribution is 0.0966. The van der Waals surface area contributed by atoms with Crippen molar-refractivity contribution < 1.29 is 14.0 Å². The van der Waals surface area contributed by atoms with Crippen LogP contribution in [0.4, 0.5) is 0 Å². The van der Waals surface area contributed by atoms with Crippen molar-refractivity contribution in [1.82, 2.24) is 4.40 Å². The maximum atomic E-state index is 15.2. The predicted molar refractivity (Wildman–Crippen MR) is 235 cm³/mol. The molecule has 5 nitrogen and oxygen atoms in total. The van der Waals surface area contributed by atoms with Crippen molar-refractivity contribution in [2.24, 2.45) is 0 Å². The average molecular weight is 768 g/mol. The van der Waals surface area contributed by atoms with Crippen LogP contribution in [-0.4, -0.2) is 16.0 Å². The van der Waals surface area contributed by atoms with Crippen LogP contribution in [-0.2, 0) is 0 Å². The minimum absolute atomic E-state index is 0.0865. The van der Waals surface area contributed by atoms with Crippen LogP contribution < -0.4 is 5.63 Å². The lowest BCUT2D eigenvalue weighted by atomic mass is 9.72. The number of aromatic nitrogens is 1. The Kier molecular flexibility index (Phi) is 5.49. The van der Waals surface area contributed by atoms with Crippen molar-refractivity contribution in [3.05, 3.63) is 229 Å². The summed E-state index contributed by atoms with van der Waals surface area (Å²) in [6.45, 7) is 0. The summed E-state index contributed by atoms with van der Waals surface area (Å²) in [6, 6.07) is 52.0. The van der Waals surface area contributed by atoms with Crippen LogP contribution in [0, 0.1) is 0 Å². The third-order valence-corrected chi connectivity index (χ3v) is 14.6. The summed E-state index contributed by atoms with van der Waals surface area (Å²) >= 11 is 0. The molecule has 8 aromatic carbocycles. The zero-order valence-corrected chi connectivity index (χ0v) is 31.8. The molecule has 0 spiro atoms. The highest BCUT2D eigenvalue weighted by atomic mass is 16.4. The smallest absolute Gasteiger partial charge is 0.344 e. The first-order valence-corrected chi connectivity index (χ1v) is 20.7. The molecule has 0 N–H and O–H groups in total. The molecule has 3 heterocycles. The van der Waals surface area contributed by atoms with E-state index in [2.05, 4.69) is 101 Å². The first-order valence-electron chi connectivity index (χ1n) is 20.7. The van der Waals surface area contributed by atoms with E-state index in [9.17, 15) is 4.79 Å². The van der Waals surface area contributed by atoms with Crippen molar-refractivity contribution >= 4 is 71.4 Å². The van der Waals surface area contributed by atoms with E-state index in [1.54, 1.807) is 0 Å². The van der Waals surface area contributed by atoms with Gasteiger partial charge in [0.05, 0.1) is 33.8 Å². The quantitative estimate of drug-likeness (QED) is 0.114. The lowest BCUT2D eigenvalue weighted by Crippen LogP contribution is -2.19. The molecular formula is C55H29NO4. The van der Waals surface area contributed by atoms with E-state index < -0.39 is 17.5 Å². The van der Waals surface area contributed by atoms with Crippen molar-refractivity contribution in [2.75, 3.05) is 0 Å². The Morgan fingerprint density at radius 3 is 1.32 bits per heavy atom. The number of rotatable bonds is 0. The van der Waals surface area contributed by atoms with Gasteiger partial charge in [-0.3, -0.25) is 9.59 Å². The van der Waals surface area contributed by atoms with Gasteiger partial charge in [-0.05, 0) is 92.0 Å². The molecule has 0 saturated heterocycles. The van der Waals surface area contributed by atoms with E-state index in [0.717, 1.165) is 105 Å². The standard InChI is InChI=1S/C55H29NO4/c57-53-39-24-43-35(21-36(39)46-26-11-1-5-15-30(26)49(53)31-16-6-2-12-27(31)46)38-23-42-48(34-19-9-10-20-45(34)60-55(42)59)51-41-22-37-40(25-44(41)56(43)52(38)51)54(58)50-32-17-7-3-13-28(32)47(37)29-14-4-8-18-33(29)50/h1-25,46-47,49-50H. The summed E-state index contributed by atoms with van der Waals surface area (Å²) in [5, 5.41) is 5.99. The summed E-state index contributed by atoms with van der Waals surface area (Å²) in [7, 11) is 0. The highest BCUT2D eigenvalue weighted by Crippen LogP contribution is 2.56. The second-order valence-electron chi connectivity index (χ2n) is 17.2. The zero-order valence-electron chi connectivity index (χ0n) is 31.8. The molecule has 3 aromatic heterocycles. The number of hydrogen-bond donors (Lipinski definition) is 0. The van der Waals surface area contributed by atoms with E-state index in [1.165, 1.54) is 0 Å². The van der Waals surface area contributed by atoms with Gasteiger partial charge >= 0.3 is 5.63 Å². The van der Waals surface area contributed by atoms with Crippen molar-refractivity contribution in [3.63, 3.8) is 0 Å². The SMILES string of the molecule is O=C1c2cc3c(cc2C2c4ccccc4C1c1ccccc12)c1cc2c(=O)oc4ccccc4c2c2c4cc5c(cc4n3c12)C(=O)C1c2ccccc2C5c2ccccc21. The molecule has 278 valence electrons. The van der Waals surface area contributed by atoms with Gasteiger partial charge in [-0.2, -0.15) is 0 Å². The van der Waals surface area contributed by atoms with Crippen LogP contribution in [0.1, 0.15) is 100 Å². The number of Topliss-reactive ketones (excluding diaryl/α,β-unsaturated/α-hetero) is 2. The second kappa shape index (κ2) is 10.5. The molecule has 6 aliphatic carbocycles. The minimum Gasteiger partial charge on any atom is -0.422 e. The van der Waals surface area contributed by atoms with Crippen molar-refractivity contribution in [2.45, 2.75) is 23.7 Å². The summed E-state index contributed by atoms with van der Waals surface area (Å²) < 4.78 is 8.32. The number of para-hydroxylation sites is 1. The van der Waals surface area contributed by atoms with E-state index in [4.69, 9.17) is 4.42 Å². The van der Waals surface area contributed by atoms with Crippen LogP contribution in [0.5, 0.6) is 0 Å². The molecule has 0 atom stereocenters. The largest absolute Gasteiger partial charge is 0.422 e. The van der Waals surface area contributed by atoms with Crippen molar-refractivity contribution in [1.29, 1.82) is 0 Å². The van der Waals surface area contributed by atoms with E-state index >= 15 is 9.59 Å². The number of ketones is 2. The number of benzene rings is 8. The van der Waals surface area contributed by atoms with Crippen molar-refractivity contribution in [3.8, 4) is 0 Å². The molecule has 17 rings (SSSR count). The number of carbonyl (C=O) groups excluding carboxylic acids is 2. The highest BCUT2D eigenvalue weighted by Gasteiger charge is 2.45. The van der Waals surface area contributed by atoms with Crippen LogP contribution >= 0.6 is 0 Å². The van der Waals surface area contributed by atoms with Gasteiger partial charge in [0.25, 0.3) is 0 Å². The average Bonchev–Trinajstić information content (AvgIpc) is 3.64. The number of fused-ring (bicyclic) bond motifs is 10. The van der Waals surface area contributed by atoms with Gasteiger partial charge in [0.1, 0.15) is 5.58 Å². The topological polar surface area (TPSA) is 68.8 Å². The molecular weight excluding hydrogens is 739 g/mol. The van der Waals surface area contributed by atoms with Gasteiger partial charge in [-0.25, -0.2) is 4.79 Å². The minimum atomic E-state index is -0.417. The maximum absolute atomic E-state index is 15.2. The first-order chi connectivity index (χ1) is 29.5. The fourth-order valence-corrected chi connectivity index (χ4v) is 12.4. The Bertz CT molecular complexity index is 3840. The second-order valence-corrected chi connectivity index (χ2v) is 17.2. The summed E-state index contributed by atoms with van der Waals surface area (Å²) in [6.07, 6.45) is 0. The molecule has 0 unspecified atom stereocenters. The molecule has 5 heteroatoms. The van der Waals surface area contributed by atoms with Crippen LogP contribution in [0.2, 0.25) is 0 Å². The normalized spacial score (nSPS) is 19.5. The molecule has 60 heavy (non-hydrogen) atoms. The van der Waals surface area contributed by atoms with Gasteiger partial charge in [-0.1, -0.05) is 115 Å². The van der Waals surface area contributed by atoms with E-state index in [-0.39, 0.29) is 23.4 Å². The molecule has 0 radical (unpaired) electrons. The lowest BCUT2D eigenvalue weighted by Gasteiger charge is -2.30. The molecule has 0 aliphatic heterocycles. The zero-order chi connectivity index (χ0) is 39.3. The van der Waals surface area contributed by atoms with Gasteiger partial charge in [-0.15, -0.1) is 0 Å². The molecule has 0 saturated carbocycles. The monoisotopic (exact) mass is 767 g/mol. The molecule has 11 aromatic rings. The Hall–Kier alpha value is -7.63. The Morgan fingerprint density at radius 1 is 0.367 bits per heavy atom. The van der Waals surface area contributed by atoms with Gasteiger partial charge in [0.2, 0.25) is 0 Å². The third-order valence-electron chi connectivity index (χ3n) is 14.6. The predicted octanol–water partition coefficient (Wildman–Crippen LogP) is 11.7. The fourth-order valence-electron chi connectivity index (χ4n) is 12.4. The molecule has 4 bridgehead atoms. The summed E-state index contributed by atoms with van der Waals surface area (Å²) in [4.78, 5) is 44.6. The van der Waals surface area contributed by atoms with Gasteiger partial charge in [0, 0.05) is 55.3 Å². The summed E-state index contributed by atoms with van der Waals surface area (Å²) in [5.74, 6) is -0.929. The first kappa shape index (κ1) is 31.4. The maximum Gasteiger partial charge on any atom is 0.344 e. The molecule has 0 amide bonds. The van der Waals surface area contributed by atoms with Gasteiger partial charge < -0.3 is 8.82 Å². The number of nitrogens with zero attached hydrogens (tertiary/aromatic N) is 1. The highest BCUT2D eigenvalue weighted by molar-refractivity contribution is 6.35. The number of hydrogen-bond acceptors (Lipinski definition) is 4. The van der Waals surface area contributed by atoms with E-state index in [1.807, 2.05) is 54.6 Å². The van der Waals surface area contributed by atoms with Crippen LogP contribution in [0.15, 0.2) is 161 Å². The third kappa shape index (κ3) is 3.50. The number of carbonyl (C=O) groups is 2. The van der Waals surface area contributed by atoms with Gasteiger partial charge in [0.15, 0.2) is 11.6 Å². The fraction of sp³-hybridized carbons (Fsp3) is 0.0727.